The van der Waals surface area contributed by atoms with Crippen molar-refractivity contribution in [1.82, 2.24) is 9.97 Å². The fraction of sp³-hybridized carbons (Fsp3) is 0.429. The first-order chi connectivity index (χ1) is 16.8. The van der Waals surface area contributed by atoms with Gasteiger partial charge in [-0.05, 0) is 69.1 Å². The number of fused-ring (bicyclic) bond motifs is 1. The predicted octanol–water partition coefficient (Wildman–Crippen LogP) is 6.74. The minimum atomic E-state index is -0.730. The predicted molar refractivity (Wildman–Crippen MR) is 138 cm³/mol. The number of H-pyrrole nitrogens is 1. The number of halogens is 1. The number of aliphatic carboxylic acids is 1. The van der Waals surface area contributed by atoms with Crippen LogP contribution in [0.25, 0.3) is 27.9 Å². The minimum Gasteiger partial charge on any atom is -0.481 e. The van der Waals surface area contributed by atoms with Crippen molar-refractivity contribution in [3.05, 3.63) is 53.1 Å². The number of carboxylic acids is 1. The van der Waals surface area contributed by atoms with Crippen LogP contribution < -0.4 is 4.74 Å². The van der Waals surface area contributed by atoms with E-state index in [1.165, 1.54) is 11.1 Å². The van der Waals surface area contributed by atoms with Crippen LogP contribution in [0.4, 0.5) is 0 Å². The largest absolute Gasteiger partial charge is 0.481 e. The molecule has 0 atom stereocenters. The number of hydrogen-bond donors (Lipinski definition) is 2. The number of pyridine rings is 1. The van der Waals surface area contributed by atoms with Gasteiger partial charge in [0.1, 0.15) is 6.10 Å². The number of ether oxygens (including phenoxy) is 2. The Morgan fingerprint density at radius 1 is 1.14 bits per heavy atom. The molecule has 2 N–H and O–H groups in total. The van der Waals surface area contributed by atoms with Gasteiger partial charge in [-0.3, -0.25) is 4.79 Å². The highest BCUT2D eigenvalue weighted by Gasteiger charge is 2.39. The van der Waals surface area contributed by atoms with Crippen LogP contribution in [-0.2, 0) is 9.53 Å². The number of aromatic amines is 1. The Bertz CT molecular complexity index is 1250. The second-order valence-corrected chi connectivity index (χ2v) is 10.5. The molecule has 184 valence electrons. The molecule has 0 unspecified atom stereocenters. The van der Waals surface area contributed by atoms with Gasteiger partial charge in [0, 0.05) is 11.6 Å². The maximum atomic E-state index is 11.6. The number of carboxylic acid groups (broad SMARTS) is 1. The second-order valence-electron chi connectivity index (χ2n) is 10.1. The molecule has 0 saturated heterocycles. The van der Waals surface area contributed by atoms with Crippen molar-refractivity contribution in [1.29, 1.82) is 0 Å². The molecular formula is C28H31ClN2O4. The van der Waals surface area contributed by atoms with E-state index in [-0.39, 0.29) is 12.0 Å². The summed E-state index contributed by atoms with van der Waals surface area (Å²) in [6.07, 6.45) is 6.49. The maximum Gasteiger partial charge on any atom is 0.309 e. The van der Waals surface area contributed by atoms with Crippen LogP contribution in [0.2, 0.25) is 5.02 Å². The van der Waals surface area contributed by atoms with E-state index in [4.69, 9.17) is 26.1 Å². The smallest absolute Gasteiger partial charge is 0.309 e. The van der Waals surface area contributed by atoms with Crippen molar-refractivity contribution in [2.75, 3.05) is 13.2 Å². The first kappa shape index (κ1) is 23.9. The molecule has 2 aromatic heterocycles. The summed E-state index contributed by atoms with van der Waals surface area (Å²) in [6, 6.07) is 12.2. The molecule has 1 saturated carbocycles. The highest BCUT2D eigenvalue weighted by molar-refractivity contribution is 6.33. The Morgan fingerprint density at radius 3 is 2.51 bits per heavy atom. The molecule has 0 bridgehead atoms. The average molecular weight is 495 g/mol. The van der Waals surface area contributed by atoms with Gasteiger partial charge < -0.3 is 19.6 Å². The van der Waals surface area contributed by atoms with Gasteiger partial charge in [0.15, 0.2) is 5.88 Å². The molecule has 3 heterocycles. The molecule has 3 aromatic rings. The molecule has 1 aliphatic heterocycles. The van der Waals surface area contributed by atoms with Crippen molar-refractivity contribution in [3.8, 4) is 17.1 Å². The highest BCUT2D eigenvalue weighted by Crippen LogP contribution is 2.40. The third kappa shape index (κ3) is 4.95. The fourth-order valence-corrected chi connectivity index (χ4v) is 5.42. The summed E-state index contributed by atoms with van der Waals surface area (Å²) in [6.45, 7) is 5.07. The number of nitrogens with zero attached hydrogens (tertiary/aromatic N) is 1. The zero-order valence-electron chi connectivity index (χ0n) is 20.1. The summed E-state index contributed by atoms with van der Waals surface area (Å²) >= 11 is 6.61. The molecule has 6 nitrogen and oxygen atoms in total. The lowest BCUT2D eigenvalue weighted by Crippen LogP contribution is -2.37. The third-order valence-corrected chi connectivity index (χ3v) is 7.85. The summed E-state index contributed by atoms with van der Waals surface area (Å²) < 4.78 is 11.6. The van der Waals surface area contributed by atoms with E-state index in [1.54, 1.807) is 0 Å². The molecule has 7 heteroatoms. The highest BCUT2D eigenvalue weighted by atomic mass is 35.5. The lowest BCUT2D eigenvalue weighted by atomic mass is 9.70. The first-order valence-electron chi connectivity index (χ1n) is 12.3. The molecule has 1 aromatic carbocycles. The molecule has 0 radical (unpaired) electrons. The van der Waals surface area contributed by atoms with Crippen LogP contribution in [0.1, 0.15) is 51.5 Å². The van der Waals surface area contributed by atoms with Gasteiger partial charge in [-0.15, -0.1) is 0 Å². The number of benzene rings is 1. The van der Waals surface area contributed by atoms with E-state index in [2.05, 4.69) is 35.3 Å². The van der Waals surface area contributed by atoms with Crippen LogP contribution in [0.3, 0.4) is 0 Å². The van der Waals surface area contributed by atoms with Gasteiger partial charge in [-0.2, -0.15) is 0 Å². The topological polar surface area (TPSA) is 84.4 Å². The Kier molecular flexibility index (Phi) is 6.60. The van der Waals surface area contributed by atoms with E-state index in [1.807, 2.05) is 26.0 Å². The number of nitrogens with one attached hydrogen (secondary N) is 1. The van der Waals surface area contributed by atoms with E-state index in [9.17, 15) is 9.90 Å². The fourth-order valence-electron chi connectivity index (χ4n) is 5.16. The zero-order chi connectivity index (χ0) is 24.6. The molecule has 1 aliphatic carbocycles. The summed E-state index contributed by atoms with van der Waals surface area (Å²) in [5, 5.41) is 10.1. The van der Waals surface area contributed by atoms with E-state index >= 15 is 0 Å². The van der Waals surface area contributed by atoms with Crippen LogP contribution in [-0.4, -0.2) is 40.4 Å². The molecule has 1 fully saturated rings. The lowest BCUT2D eigenvalue weighted by molar-refractivity contribution is -0.151. The van der Waals surface area contributed by atoms with E-state index in [0.717, 1.165) is 61.0 Å². The van der Waals surface area contributed by atoms with Gasteiger partial charge in [0.25, 0.3) is 0 Å². The van der Waals surface area contributed by atoms with Crippen LogP contribution >= 0.6 is 11.6 Å². The van der Waals surface area contributed by atoms with Gasteiger partial charge >= 0.3 is 5.97 Å². The third-order valence-electron chi connectivity index (χ3n) is 7.56. The van der Waals surface area contributed by atoms with Gasteiger partial charge in [-0.25, -0.2) is 4.98 Å². The number of hydrogen-bond acceptors (Lipinski definition) is 4. The maximum absolute atomic E-state index is 11.6. The number of rotatable bonds is 6. The van der Waals surface area contributed by atoms with Crippen LogP contribution in [0.15, 0.2) is 42.5 Å². The molecular weight excluding hydrogens is 464 g/mol. The Labute approximate surface area is 210 Å². The van der Waals surface area contributed by atoms with Gasteiger partial charge in [0.2, 0.25) is 0 Å². The molecule has 0 spiro atoms. The van der Waals surface area contributed by atoms with E-state index in [0.29, 0.717) is 17.5 Å². The average Bonchev–Trinajstić information content (AvgIpc) is 3.25. The minimum absolute atomic E-state index is 0.0610. The van der Waals surface area contributed by atoms with Crippen molar-refractivity contribution in [3.63, 3.8) is 0 Å². The monoisotopic (exact) mass is 494 g/mol. The SMILES string of the molecule is CC(C)(C(=O)O)[C@H]1CC[C@H](Oc2cc3nc(-c4ccc(C5=CCOCC5)cc4)c(Cl)cc3[nH]2)CC1. The normalized spacial score (nSPS) is 21.1. The van der Waals surface area contributed by atoms with Gasteiger partial charge in [0.05, 0.1) is 40.4 Å². The standard InChI is InChI=1S/C28H31ClN2O4/c1-28(2,27(32)33)20-7-9-21(10-8-20)35-25-16-24-23(30-25)15-22(29)26(31-24)19-5-3-17(4-6-19)18-11-13-34-14-12-18/h3-6,11,15-16,20-21,30H,7-10,12-14H2,1-2H3,(H,32,33)/t20-,21-. The van der Waals surface area contributed by atoms with Crippen molar-refractivity contribution >= 4 is 34.2 Å². The van der Waals surface area contributed by atoms with Crippen LogP contribution in [0, 0.1) is 11.3 Å². The van der Waals surface area contributed by atoms with Crippen LogP contribution in [0.5, 0.6) is 5.88 Å². The summed E-state index contributed by atoms with van der Waals surface area (Å²) in [5.41, 5.74) is 5.15. The van der Waals surface area contributed by atoms with Crippen molar-refractivity contribution < 1.29 is 19.4 Å². The number of carbonyl (C=O) groups is 1. The Hall–Kier alpha value is -2.83. The van der Waals surface area contributed by atoms with Crippen molar-refractivity contribution in [2.45, 2.75) is 52.1 Å². The summed E-state index contributed by atoms with van der Waals surface area (Å²) in [7, 11) is 0. The lowest BCUT2D eigenvalue weighted by Gasteiger charge is -2.36. The second kappa shape index (κ2) is 9.67. The molecule has 5 rings (SSSR count). The molecule has 0 amide bonds. The number of aromatic nitrogens is 2. The Morgan fingerprint density at radius 2 is 1.86 bits per heavy atom. The zero-order valence-corrected chi connectivity index (χ0v) is 20.9. The first-order valence-corrected chi connectivity index (χ1v) is 12.7. The molecule has 35 heavy (non-hydrogen) atoms. The summed E-state index contributed by atoms with van der Waals surface area (Å²) in [5.74, 6) is 0.106. The quantitative estimate of drug-likeness (QED) is 0.396. The summed E-state index contributed by atoms with van der Waals surface area (Å²) in [4.78, 5) is 19.7. The molecule has 2 aliphatic rings. The van der Waals surface area contributed by atoms with Gasteiger partial charge in [-0.1, -0.05) is 41.9 Å². The van der Waals surface area contributed by atoms with Crippen molar-refractivity contribution in [2.24, 2.45) is 11.3 Å². The van der Waals surface area contributed by atoms with E-state index < -0.39 is 11.4 Å². The Balaban J connectivity index is 1.29.